The average Bonchev–Trinajstić information content (AvgIpc) is 2.14. The minimum atomic E-state index is -0.0718. The van der Waals surface area contributed by atoms with E-state index >= 15 is 0 Å². The molecular weight excluding hydrogens is 308 g/mol. The van der Waals surface area contributed by atoms with E-state index in [0.29, 0.717) is 0 Å². The molecule has 1 rings (SSSR count). The van der Waals surface area contributed by atoms with Gasteiger partial charge in [-0.1, -0.05) is 0 Å². The van der Waals surface area contributed by atoms with Crippen LogP contribution >= 0.6 is 21.3 Å². The van der Waals surface area contributed by atoms with Gasteiger partial charge in [0.1, 0.15) is 0 Å². The molecule has 0 aromatic rings. The molecule has 0 aromatic carbocycles. The van der Waals surface area contributed by atoms with Crippen LogP contribution in [0.25, 0.3) is 0 Å². The van der Waals surface area contributed by atoms with Crippen LogP contribution in [-0.4, -0.2) is 9.52 Å². The Kier molecular flexibility index (Phi) is 3.06. The zero-order valence-electron chi connectivity index (χ0n) is 3.82. The molecule has 3 heteroatoms. The molecular formula is C4H7ClIrS. The first-order chi connectivity index (χ1) is 3.43. The second-order valence-corrected chi connectivity index (χ2v) is 7.08. The van der Waals surface area contributed by atoms with Crippen LogP contribution in [0.15, 0.2) is 0 Å². The van der Waals surface area contributed by atoms with E-state index in [1.165, 1.54) is 18.6 Å². The van der Waals surface area contributed by atoms with Crippen LogP contribution in [0.3, 0.4) is 0 Å². The zero-order valence-corrected chi connectivity index (χ0v) is 7.79. The molecule has 0 saturated carbocycles. The zero-order chi connectivity index (χ0) is 5.11. The van der Waals surface area contributed by atoms with Gasteiger partial charge in [-0.25, -0.2) is 0 Å². The van der Waals surface area contributed by atoms with E-state index in [1.807, 2.05) is 0 Å². The minimum absolute atomic E-state index is 0.0718. The first kappa shape index (κ1) is 6.41. The molecule has 0 spiro atoms. The van der Waals surface area contributed by atoms with Crippen LogP contribution in [0.1, 0.15) is 12.8 Å². The van der Waals surface area contributed by atoms with E-state index in [9.17, 15) is 0 Å². The van der Waals surface area contributed by atoms with Gasteiger partial charge in [0.05, 0.1) is 0 Å². The Morgan fingerprint density at radius 3 is 2.86 bits per heavy atom. The van der Waals surface area contributed by atoms with Gasteiger partial charge in [-0.3, -0.25) is 0 Å². The van der Waals surface area contributed by atoms with Crippen molar-refractivity contribution < 1.29 is 16.7 Å². The van der Waals surface area contributed by atoms with Crippen molar-refractivity contribution >= 4 is 21.3 Å². The number of halogens is 1. The number of rotatable bonds is 1. The van der Waals surface area contributed by atoms with Crippen molar-refractivity contribution in [3.63, 3.8) is 0 Å². The van der Waals surface area contributed by atoms with Gasteiger partial charge in [0.25, 0.3) is 0 Å². The molecule has 1 heterocycles. The monoisotopic (exact) mass is 315 g/mol. The average molecular weight is 315 g/mol. The Hall–Kier alpha value is 1.29. The molecule has 1 aliphatic heterocycles. The van der Waals surface area contributed by atoms with Crippen molar-refractivity contribution in [2.75, 3.05) is 5.75 Å². The fraction of sp³-hybridized carbons (Fsp3) is 1.00. The fourth-order valence-corrected chi connectivity index (χ4v) is 5.21. The van der Waals surface area contributed by atoms with Crippen molar-refractivity contribution in [2.45, 2.75) is 16.6 Å². The van der Waals surface area contributed by atoms with Crippen LogP contribution in [0.5, 0.6) is 0 Å². The normalized spacial score (nSPS) is 31.9. The van der Waals surface area contributed by atoms with Gasteiger partial charge in [0.15, 0.2) is 0 Å². The summed E-state index contributed by atoms with van der Waals surface area (Å²) in [5, 5.41) is 0. The van der Waals surface area contributed by atoms with Crippen molar-refractivity contribution in [3.05, 3.63) is 0 Å². The summed E-state index contributed by atoms with van der Waals surface area (Å²) in [5.74, 6) is 1.36. The molecule has 1 saturated heterocycles. The third-order valence-corrected chi connectivity index (χ3v) is 7.30. The van der Waals surface area contributed by atoms with Gasteiger partial charge in [-0.2, -0.15) is 0 Å². The Morgan fingerprint density at radius 2 is 2.57 bits per heavy atom. The fourth-order valence-electron chi connectivity index (χ4n) is 0.581. The van der Waals surface area contributed by atoms with Crippen LogP contribution in [0.4, 0.5) is 0 Å². The van der Waals surface area contributed by atoms with Gasteiger partial charge in [-0.15, -0.1) is 0 Å². The molecule has 1 unspecified atom stereocenters. The van der Waals surface area contributed by atoms with Crippen molar-refractivity contribution in [3.8, 4) is 0 Å². The molecule has 0 aliphatic carbocycles. The summed E-state index contributed by atoms with van der Waals surface area (Å²) in [7, 11) is 5.71. The van der Waals surface area contributed by atoms with E-state index < -0.39 is 0 Å². The van der Waals surface area contributed by atoms with E-state index in [4.69, 9.17) is 9.58 Å². The quantitative estimate of drug-likeness (QED) is 0.714. The number of hydrogen-bond donors (Lipinski definition) is 0. The summed E-state index contributed by atoms with van der Waals surface area (Å²) in [5.41, 5.74) is 0. The summed E-state index contributed by atoms with van der Waals surface area (Å²) in [4.78, 5) is 0. The standard InChI is InChI=1S/C4H7S.ClH.Ir/c1-2-4-5-3-1;;/h3H,1-2,4H2;1H;/q;;+1/p-1. The Morgan fingerprint density at radius 1 is 1.71 bits per heavy atom. The summed E-state index contributed by atoms with van der Waals surface area (Å²) < 4.78 is 0.904. The molecule has 0 N–H and O–H groups in total. The molecule has 1 atom stereocenters. The molecule has 0 nitrogen and oxygen atoms in total. The van der Waals surface area contributed by atoms with Crippen LogP contribution < -0.4 is 0 Å². The van der Waals surface area contributed by atoms with E-state index in [-0.39, 0.29) is 16.7 Å². The molecule has 1 aliphatic rings. The number of hydrogen-bond acceptors (Lipinski definition) is 1. The second kappa shape index (κ2) is 3.34. The van der Waals surface area contributed by atoms with Gasteiger partial charge in [0.2, 0.25) is 0 Å². The predicted molar refractivity (Wildman–Crippen MR) is 31.3 cm³/mol. The molecule has 7 heavy (non-hydrogen) atoms. The molecule has 1 fully saturated rings. The SMILES string of the molecule is [Cl][Ir][CH]1CCCS1. The third kappa shape index (κ3) is 1.93. The van der Waals surface area contributed by atoms with E-state index in [0.717, 1.165) is 3.76 Å². The van der Waals surface area contributed by atoms with Crippen molar-refractivity contribution in [1.29, 1.82) is 0 Å². The Balaban J connectivity index is 2.14. The van der Waals surface area contributed by atoms with E-state index in [1.54, 1.807) is 0 Å². The first-order valence-electron chi connectivity index (χ1n) is 2.25. The summed E-state index contributed by atoms with van der Waals surface area (Å²) in [6, 6.07) is 0. The van der Waals surface area contributed by atoms with Crippen molar-refractivity contribution in [2.24, 2.45) is 0 Å². The van der Waals surface area contributed by atoms with Gasteiger partial charge < -0.3 is 0 Å². The second-order valence-electron chi connectivity index (χ2n) is 1.47. The van der Waals surface area contributed by atoms with Gasteiger partial charge in [-0.05, 0) is 0 Å². The topological polar surface area (TPSA) is 0 Å². The Bertz CT molecular complexity index is 53.7. The molecule has 0 radical (unpaired) electrons. The maximum atomic E-state index is 5.71. The van der Waals surface area contributed by atoms with Crippen LogP contribution in [0.2, 0.25) is 0 Å². The van der Waals surface area contributed by atoms with Crippen molar-refractivity contribution in [1.82, 2.24) is 0 Å². The summed E-state index contributed by atoms with van der Waals surface area (Å²) in [6.07, 6.45) is 2.81. The summed E-state index contributed by atoms with van der Waals surface area (Å²) in [6.45, 7) is 0. The van der Waals surface area contributed by atoms with Gasteiger partial charge >= 0.3 is 60.4 Å². The Labute approximate surface area is 60.3 Å². The third-order valence-electron chi connectivity index (χ3n) is 0.935. The maximum absolute atomic E-state index is 5.71. The number of thioether (sulfide) groups is 1. The van der Waals surface area contributed by atoms with E-state index in [2.05, 4.69) is 11.8 Å². The van der Waals surface area contributed by atoms with Gasteiger partial charge in [0, 0.05) is 0 Å². The van der Waals surface area contributed by atoms with Crippen LogP contribution in [0, 0.1) is 0 Å². The first-order valence-corrected chi connectivity index (χ1v) is 7.65. The molecule has 0 bridgehead atoms. The van der Waals surface area contributed by atoms with Crippen LogP contribution in [-0.2, 0) is 16.7 Å². The predicted octanol–water partition coefficient (Wildman–Crippen LogP) is 2.08. The summed E-state index contributed by atoms with van der Waals surface area (Å²) >= 11 is 1.99. The molecule has 45 valence electrons. The molecule has 0 aromatic heterocycles. The molecule has 0 amide bonds.